The topological polar surface area (TPSA) is 32.3 Å². The summed E-state index contributed by atoms with van der Waals surface area (Å²) >= 11 is 5.96. The molecule has 21 heavy (non-hydrogen) atoms. The standard InChI is InChI=1S/C17H23ClN2O/c1-12-11-13(18)7-8-14(12)17(21)19-15-5-4-6-16(15)20-9-2-3-10-20/h7-8,11,15-16H,2-6,9-10H2,1H3,(H,19,21)/t15-,16+/m0/s1. The largest absolute Gasteiger partial charge is 0.348 e. The highest BCUT2D eigenvalue weighted by Crippen LogP contribution is 2.27. The summed E-state index contributed by atoms with van der Waals surface area (Å²) in [4.78, 5) is 15.1. The second-order valence-electron chi connectivity index (χ2n) is 6.28. The number of rotatable bonds is 3. The van der Waals surface area contributed by atoms with Crippen molar-refractivity contribution < 1.29 is 4.79 Å². The Kier molecular flexibility index (Phi) is 4.51. The van der Waals surface area contributed by atoms with Crippen molar-refractivity contribution in [3.8, 4) is 0 Å². The van der Waals surface area contributed by atoms with E-state index in [4.69, 9.17) is 11.6 Å². The zero-order chi connectivity index (χ0) is 14.8. The number of nitrogens with one attached hydrogen (secondary N) is 1. The van der Waals surface area contributed by atoms with Gasteiger partial charge in [-0.25, -0.2) is 0 Å². The van der Waals surface area contributed by atoms with Gasteiger partial charge in [0, 0.05) is 22.7 Å². The molecule has 2 fully saturated rings. The number of hydrogen-bond donors (Lipinski definition) is 1. The minimum Gasteiger partial charge on any atom is -0.348 e. The molecule has 1 aromatic rings. The zero-order valence-corrected chi connectivity index (χ0v) is 13.3. The maximum absolute atomic E-state index is 12.5. The average molecular weight is 307 g/mol. The molecule has 0 radical (unpaired) electrons. The predicted molar refractivity (Wildman–Crippen MR) is 85.9 cm³/mol. The predicted octanol–water partition coefficient (Wildman–Crippen LogP) is 3.40. The highest BCUT2D eigenvalue weighted by molar-refractivity contribution is 6.30. The van der Waals surface area contributed by atoms with Gasteiger partial charge in [0.05, 0.1) is 0 Å². The van der Waals surface area contributed by atoms with Crippen LogP contribution in [0.15, 0.2) is 18.2 Å². The van der Waals surface area contributed by atoms with Crippen molar-refractivity contribution >= 4 is 17.5 Å². The highest BCUT2D eigenvalue weighted by atomic mass is 35.5. The van der Waals surface area contributed by atoms with Crippen LogP contribution in [-0.2, 0) is 0 Å². The van der Waals surface area contributed by atoms with E-state index in [1.807, 2.05) is 19.1 Å². The summed E-state index contributed by atoms with van der Waals surface area (Å²) in [6.07, 6.45) is 6.12. The molecule has 1 saturated carbocycles. The van der Waals surface area contributed by atoms with E-state index in [9.17, 15) is 4.79 Å². The summed E-state index contributed by atoms with van der Waals surface area (Å²) in [6.45, 7) is 4.32. The molecule has 1 aliphatic carbocycles. The van der Waals surface area contributed by atoms with E-state index in [1.54, 1.807) is 6.07 Å². The summed E-state index contributed by atoms with van der Waals surface area (Å²) < 4.78 is 0. The van der Waals surface area contributed by atoms with Gasteiger partial charge in [-0.1, -0.05) is 11.6 Å². The van der Waals surface area contributed by atoms with Crippen LogP contribution in [-0.4, -0.2) is 36.0 Å². The van der Waals surface area contributed by atoms with Crippen LogP contribution in [0.2, 0.25) is 5.02 Å². The van der Waals surface area contributed by atoms with Crippen molar-refractivity contribution in [2.75, 3.05) is 13.1 Å². The van der Waals surface area contributed by atoms with E-state index >= 15 is 0 Å². The molecule has 0 spiro atoms. The van der Waals surface area contributed by atoms with Gasteiger partial charge in [0.25, 0.3) is 5.91 Å². The van der Waals surface area contributed by atoms with Crippen molar-refractivity contribution in [1.82, 2.24) is 10.2 Å². The smallest absolute Gasteiger partial charge is 0.251 e. The van der Waals surface area contributed by atoms with Gasteiger partial charge in [-0.3, -0.25) is 9.69 Å². The fraction of sp³-hybridized carbons (Fsp3) is 0.588. The lowest BCUT2D eigenvalue weighted by Gasteiger charge is -2.29. The summed E-state index contributed by atoms with van der Waals surface area (Å²) in [5, 5.41) is 3.94. The van der Waals surface area contributed by atoms with Crippen molar-refractivity contribution in [1.29, 1.82) is 0 Å². The van der Waals surface area contributed by atoms with Crippen molar-refractivity contribution in [3.63, 3.8) is 0 Å². The van der Waals surface area contributed by atoms with Crippen LogP contribution in [0.3, 0.4) is 0 Å². The molecule has 2 atom stereocenters. The fourth-order valence-corrected chi connectivity index (χ4v) is 3.97. The first kappa shape index (κ1) is 14.9. The third-order valence-corrected chi connectivity index (χ3v) is 5.07. The van der Waals surface area contributed by atoms with Gasteiger partial charge >= 0.3 is 0 Å². The highest BCUT2D eigenvalue weighted by Gasteiger charge is 2.34. The summed E-state index contributed by atoms with van der Waals surface area (Å²) in [7, 11) is 0. The van der Waals surface area contributed by atoms with E-state index in [-0.39, 0.29) is 5.91 Å². The van der Waals surface area contributed by atoms with Gasteiger partial charge in [0.15, 0.2) is 0 Å². The van der Waals surface area contributed by atoms with Crippen molar-refractivity contribution in [2.24, 2.45) is 0 Å². The number of halogens is 1. The number of likely N-dealkylation sites (tertiary alicyclic amines) is 1. The van der Waals surface area contributed by atoms with E-state index in [2.05, 4.69) is 10.2 Å². The maximum atomic E-state index is 12.5. The Morgan fingerprint density at radius 1 is 1.24 bits per heavy atom. The fourth-order valence-electron chi connectivity index (χ4n) is 3.75. The molecule has 3 rings (SSSR count). The molecule has 0 bridgehead atoms. The summed E-state index contributed by atoms with van der Waals surface area (Å²) in [5.41, 5.74) is 1.68. The summed E-state index contributed by atoms with van der Waals surface area (Å²) in [5.74, 6) is 0.0419. The first-order valence-corrected chi connectivity index (χ1v) is 8.34. The van der Waals surface area contributed by atoms with Crippen molar-refractivity contribution in [2.45, 2.75) is 51.1 Å². The van der Waals surface area contributed by atoms with Crippen LogP contribution >= 0.6 is 11.6 Å². The Morgan fingerprint density at radius 2 is 2.00 bits per heavy atom. The van der Waals surface area contributed by atoms with Gasteiger partial charge in [0.1, 0.15) is 0 Å². The Bertz CT molecular complexity index is 526. The molecule has 4 heteroatoms. The molecule has 1 aliphatic heterocycles. The number of benzene rings is 1. The zero-order valence-electron chi connectivity index (χ0n) is 12.6. The second kappa shape index (κ2) is 6.37. The minimum atomic E-state index is 0.0419. The lowest BCUT2D eigenvalue weighted by atomic mass is 10.1. The molecule has 0 aromatic heterocycles. The molecule has 2 aliphatic rings. The number of aryl methyl sites for hydroxylation is 1. The lowest BCUT2D eigenvalue weighted by Crippen LogP contribution is -2.47. The minimum absolute atomic E-state index is 0.0419. The van der Waals surface area contributed by atoms with Crippen LogP contribution in [0.1, 0.15) is 48.0 Å². The number of amides is 1. The quantitative estimate of drug-likeness (QED) is 0.928. The molecular formula is C17H23ClN2O. The summed E-state index contributed by atoms with van der Waals surface area (Å²) in [6, 6.07) is 6.29. The van der Waals surface area contributed by atoms with E-state index in [0.717, 1.165) is 17.5 Å². The Labute approximate surface area is 131 Å². The Hall–Kier alpha value is -1.06. The lowest BCUT2D eigenvalue weighted by molar-refractivity contribution is 0.0912. The van der Waals surface area contributed by atoms with Crippen LogP contribution in [0, 0.1) is 6.92 Å². The van der Waals surface area contributed by atoms with E-state index < -0.39 is 0 Å². The van der Waals surface area contributed by atoms with Crippen molar-refractivity contribution in [3.05, 3.63) is 34.3 Å². The van der Waals surface area contributed by atoms with Crippen LogP contribution in [0.5, 0.6) is 0 Å². The van der Waals surface area contributed by atoms with Gasteiger partial charge < -0.3 is 5.32 Å². The molecule has 114 valence electrons. The van der Waals surface area contributed by atoms with Gasteiger partial charge in [0.2, 0.25) is 0 Å². The molecule has 1 aromatic carbocycles. The molecule has 1 N–H and O–H groups in total. The molecule has 0 unspecified atom stereocenters. The SMILES string of the molecule is Cc1cc(Cl)ccc1C(=O)N[C@H]1CCC[C@H]1N1CCCC1. The Morgan fingerprint density at radius 3 is 2.71 bits per heavy atom. The number of hydrogen-bond acceptors (Lipinski definition) is 2. The first-order valence-electron chi connectivity index (χ1n) is 7.96. The maximum Gasteiger partial charge on any atom is 0.251 e. The third-order valence-electron chi connectivity index (χ3n) is 4.84. The van der Waals surface area contributed by atoms with Crippen LogP contribution < -0.4 is 5.32 Å². The van der Waals surface area contributed by atoms with Gasteiger partial charge in [-0.15, -0.1) is 0 Å². The number of carbonyl (C=O) groups excluding carboxylic acids is 1. The molecular weight excluding hydrogens is 284 g/mol. The molecule has 1 saturated heterocycles. The molecule has 1 amide bonds. The van der Waals surface area contributed by atoms with E-state index in [1.165, 1.54) is 38.8 Å². The van der Waals surface area contributed by atoms with Crippen LogP contribution in [0.4, 0.5) is 0 Å². The Balaban J connectivity index is 1.68. The third kappa shape index (κ3) is 3.24. The normalized spacial score (nSPS) is 26.2. The van der Waals surface area contributed by atoms with Crippen LogP contribution in [0.25, 0.3) is 0 Å². The van der Waals surface area contributed by atoms with Gasteiger partial charge in [-0.2, -0.15) is 0 Å². The molecule has 3 nitrogen and oxygen atoms in total. The monoisotopic (exact) mass is 306 g/mol. The average Bonchev–Trinajstić information content (AvgIpc) is 3.08. The van der Waals surface area contributed by atoms with E-state index in [0.29, 0.717) is 17.1 Å². The first-order chi connectivity index (χ1) is 10.1. The number of carbonyl (C=O) groups is 1. The number of nitrogens with zero attached hydrogens (tertiary/aromatic N) is 1. The second-order valence-corrected chi connectivity index (χ2v) is 6.72. The molecule has 1 heterocycles. The van der Waals surface area contributed by atoms with Gasteiger partial charge in [-0.05, 0) is 75.9 Å².